The molecule has 0 bridgehead atoms. The third-order valence-corrected chi connectivity index (χ3v) is 9.86. The number of rotatable bonds is 6. The lowest BCUT2D eigenvalue weighted by molar-refractivity contribution is 0.0806. The predicted molar refractivity (Wildman–Crippen MR) is 157 cm³/mol. The van der Waals surface area contributed by atoms with E-state index in [0.717, 1.165) is 37.0 Å². The van der Waals surface area contributed by atoms with Gasteiger partial charge >= 0.3 is 6.03 Å². The summed E-state index contributed by atoms with van der Waals surface area (Å²) in [5, 5.41) is 13.0. The fourth-order valence-electron chi connectivity index (χ4n) is 5.22. The van der Waals surface area contributed by atoms with Crippen molar-refractivity contribution in [1.82, 2.24) is 14.5 Å². The Hall–Kier alpha value is -3.26. The van der Waals surface area contributed by atoms with Gasteiger partial charge in [-0.05, 0) is 62.2 Å². The van der Waals surface area contributed by atoms with Gasteiger partial charge in [0.1, 0.15) is 22.5 Å². The number of ether oxygens (including phenoxy) is 2. The molecule has 1 saturated carbocycles. The van der Waals surface area contributed by atoms with Gasteiger partial charge in [-0.1, -0.05) is 38.0 Å². The number of amides is 2. The summed E-state index contributed by atoms with van der Waals surface area (Å²) in [6, 6.07) is 11.5. The molecule has 4 rings (SSSR count). The van der Waals surface area contributed by atoms with Crippen molar-refractivity contribution >= 4 is 16.1 Å². The Morgan fingerprint density at radius 2 is 1.80 bits per heavy atom. The Kier molecular flexibility index (Phi) is 10.2. The number of hydrogen-bond donors (Lipinski definition) is 2. The first-order valence-corrected chi connectivity index (χ1v) is 15.7. The number of carbonyl (C=O) groups is 1. The summed E-state index contributed by atoms with van der Waals surface area (Å²) in [5.41, 5.74) is 1.37. The summed E-state index contributed by atoms with van der Waals surface area (Å²) in [7, 11) is -0.639. The summed E-state index contributed by atoms with van der Waals surface area (Å²) in [6.07, 6.45) is 4.90. The van der Waals surface area contributed by atoms with Crippen LogP contribution >= 0.6 is 0 Å². The molecule has 2 aliphatic rings. The highest BCUT2D eigenvalue weighted by Crippen LogP contribution is 2.34. The predicted octanol–water partition coefficient (Wildman–Crippen LogP) is 3.84. The first-order valence-electron chi connectivity index (χ1n) is 14.2. The van der Waals surface area contributed by atoms with Crippen LogP contribution in [0.4, 0.5) is 4.79 Å². The van der Waals surface area contributed by atoms with E-state index in [0.29, 0.717) is 5.56 Å². The van der Waals surface area contributed by atoms with Crippen molar-refractivity contribution in [2.24, 2.45) is 5.92 Å². The molecule has 0 aromatic heterocycles. The second-order valence-electron chi connectivity index (χ2n) is 11.0. The standard InChI is InChI=1S/C31H41N3O6S/c1-22-19-34(23(2)21-35)41(37,38)30-17-14-25(11-10-24-12-15-27(39-4)16-13-24)18-28(30)40-29(22)20-33(3)31(36)32-26-8-6-5-7-9-26/h12-18,22-23,26,29,35H,5-9,19-21H2,1-4H3,(H,32,36)/t22-,23-,29-/m0/s1. The highest BCUT2D eigenvalue weighted by Gasteiger charge is 2.38. The Labute approximate surface area is 243 Å². The smallest absolute Gasteiger partial charge is 0.317 e. The van der Waals surface area contributed by atoms with E-state index in [4.69, 9.17) is 9.47 Å². The second-order valence-corrected chi connectivity index (χ2v) is 12.9. The van der Waals surface area contributed by atoms with Gasteiger partial charge in [0.15, 0.2) is 0 Å². The van der Waals surface area contributed by atoms with E-state index in [9.17, 15) is 18.3 Å². The number of likely N-dealkylation sites (N-methyl/N-ethyl adjacent to an activating group) is 1. The molecular weight excluding hydrogens is 542 g/mol. The van der Waals surface area contributed by atoms with E-state index < -0.39 is 22.2 Å². The maximum absolute atomic E-state index is 13.7. The maximum atomic E-state index is 13.7. The SMILES string of the molecule is COc1ccc(C#Cc2ccc3c(c2)O[C@@H](CN(C)C(=O)NC2CCCCC2)[C@@H](C)CN([C@@H](C)CO)S3(=O)=O)cc1. The molecule has 1 heterocycles. The third kappa shape index (κ3) is 7.53. The van der Waals surface area contributed by atoms with Crippen LogP contribution in [0.15, 0.2) is 47.4 Å². The van der Waals surface area contributed by atoms with E-state index in [1.54, 1.807) is 38.1 Å². The molecule has 2 N–H and O–H groups in total. The van der Waals surface area contributed by atoms with Crippen LogP contribution in [0, 0.1) is 17.8 Å². The first-order chi connectivity index (χ1) is 19.6. The molecule has 10 heteroatoms. The van der Waals surface area contributed by atoms with Crippen LogP contribution in [0.1, 0.15) is 57.1 Å². The molecule has 222 valence electrons. The minimum Gasteiger partial charge on any atom is -0.497 e. The number of aliphatic hydroxyl groups excluding tert-OH is 1. The molecule has 0 saturated heterocycles. The Morgan fingerprint density at radius 1 is 1.15 bits per heavy atom. The lowest BCUT2D eigenvalue weighted by Gasteiger charge is -2.37. The van der Waals surface area contributed by atoms with E-state index >= 15 is 0 Å². The molecule has 2 aromatic rings. The molecule has 3 atom stereocenters. The van der Waals surface area contributed by atoms with Crippen molar-refractivity contribution in [1.29, 1.82) is 0 Å². The molecule has 1 aliphatic carbocycles. The lowest BCUT2D eigenvalue weighted by atomic mass is 9.96. The Morgan fingerprint density at radius 3 is 2.46 bits per heavy atom. The minimum absolute atomic E-state index is 0.0130. The van der Waals surface area contributed by atoms with E-state index in [2.05, 4.69) is 17.2 Å². The molecular formula is C31H41N3O6S. The number of benzene rings is 2. The van der Waals surface area contributed by atoms with Crippen molar-refractivity contribution in [2.45, 2.75) is 69.0 Å². The number of hydrogen-bond acceptors (Lipinski definition) is 6. The largest absolute Gasteiger partial charge is 0.497 e. The fraction of sp³-hybridized carbons (Fsp3) is 0.516. The van der Waals surface area contributed by atoms with Crippen LogP contribution in [0.2, 0.25) is 0 Å². The average Bonchev–Trinajstić information content (AvgIpc) is 2.98. The number of methoxy groups -OCH3 is 1. The van der Waals surface area contributed by atoms with Gasteiger partial charge in [-0.15, -0.1) is 0 Å². The summed E-state index contributed by atoms with van der Waals surface area (Å²) in [5.74, 6) is 6.83. The van der Waals surface area contributed by atoms with Crippen LogP contribution in [0.5, 0.6) is 11.5 Å². The molecule has 41 heavy (non-hydrogen) atoms. The topological polar surface area (TPSA) is 108 Å². The monoisotopic (exact) mass is 583 g/mol. The number of urea groups is 1. The van der Waals surface area contributed by atoms with Crippen LogP contribution < -0.4 is 14.8 Å². The molecule has 1 fully saturated rings. The number of nitrogens with one attached hydrogen (secondary N) is 1. The number of sulfonamides is 1. The van der Waals surface area contributed by atoms with Crippen molar-refractivity contribution < 1.29 is 27.8 Å². The van der Waals surface area contributed by atoms with Gasteiger partial charge in [0.25, 0.3) is 0 Å². The van der Waals surface area contributed by atoms with Crippen LogP contribution in [0.25, 0.3) is 0 Å². The summed E-state index contributed by atoms with van der Waals surface area (Å²) in [6.45, 7) is 3.68. The molecule has 2 amide bonds. The Balaban J connectivity index is 1.63. The van der Waals surface area contributed by atoms with Crippen molar-refractivity contribution in [3.05, 3.63) is 53.6 Å². The van der Waals surface area contributed by atoms with Gasteiger partial charge in [0, 0.05) is 42.7 Å². The Bertz CT molecular complexity index is 1360. The zero-order valence-corrected chi connectivity index (χ0v) is 25.1. The summed E-state index contributed by atoms with van der Waals surface area (Å²) >= 11 is 0. The minimum atomic E-state index is -3.97. The van der Waals surface area contributed by atoms with E-state index in [1.165, 1.54) is 16.8 Å². The highest BCUT2D eigenvalue weighted by atomic mass is 32.2. The first kappa shape index (κ1) is 30.7. The lowest BCUT2D eigenvalue weighted by Crippen LogP contribution is -2.52. The zero-order valence-electron chi connectivity index (χ0n) is 24.3. The van der Waals surface area contributed by atoms with Crippen LogP contribution in [0.3, 0.4) is 0 Å². The van der Waals surface area contributed by atoms with Crippen LogP contribution in [-0.2, 0) is 10.0 Å². The van der Waals surface area contributed by atoms with E-state index in [-0.39, 0.29) is 48.3 Å². The summed E-state index contributed by atoms with van der Waals surface area (Å²) < 4.78 is 40.4. The summed E-state index contributed by atoms with van der Waals surface area (Å²) in [4.78, 5) is 14.6. The quantitative estimate of drug-likeness (QED) is 0.501. The molecule has 2 aromatic carbocycles. The molecule has 9 nitrogen and oxygen atoms in total. The molecule has 0 spiro atoms. The van der Waals surface area contributed by atoms with Crippen molar-refractivity contribution in [3.8, 4) is 23.3 Å². The highest BCUT2D eigenvalue weighted by molar-refractivity contribution is 7.89. The van der Waals surface area contributed by atoms with Gasteiger partial charge < -0.3 is 24.8 Å². The number of carbonyl (C=O) groups excluding carboxylic acids is 1. The normalized spacial score (nSPS) is 21.6. The van der Waals surface area contributed by atoms with Gasteiger partial charge in [-0.2, -0.15) is 4.31 Å². The molecule has 0 radical (unpaired) electrons. The number of aliphatic hydroxyl groups is 1. The average molecular weight is 584 g/mol. The zero-order chi connectivity index (χ0) is 29.6. The van der Waals surface area contributed by atoms with Gasteiger partial charge in [-0.25, -0.2) is 13.2 Å². The fourth-order valence-corrected chi connectivity index (χ4v) is 7.05. The molecule has 0 unspecified atom stereocenters. The second kappa shape index (κ2) is 13.6. The van der Waals surface area contributed by atoms with Crippen molar-refractivity contribution in [3.63, 3.8) is 0 Å². The van der Waals surface area contributed by atoms with Gasteiger partial charge in [0.2, 0.25) is 10.0 Å². The van der Waals surface area contributed by atoms with Gasteiger partial charge in [0.05, 0.1) is 20.3 Å². The molecule has 1 aliphatic heterocycles. The number of fused-ring (bicyclic) bond motifs is 1. The van der Waals surface area contributed by atoms with Gasteiger partial charge in [-0.3, -0.25) is 0 Å². The third-order valence-electron chi connectivity index (χ3n) is 7.84. The van der Waals surface area contributed by atoms with E-state index in [1.807, 2.05) is 31.2 Å². The maximum Gasteiger partial charge on any atom is 0.317 e. The van der Waals surface area contributed by atoms with Crippen molar-refractivity contribution in [2.75, 3.05) is 33.9 Å². The van der Waals surface area contributed by atoms with Crippen LogP contribution in [-0.4, -0.2) is 80.8 Å². The number of nitrogens with zero attached hydrogens (tertiary/aromatic N) is 2.